The summed E-state index contributed by atoms with van der Waals surface area (Å²) in [5, 5.41) is 2.90. The number of fused-ring (bicyclic) bond motifs is 1. The maximum Gasteiger partial charge on any atom is 0.246 e. The van der Waals surface area contributed by atoms with Crippen LogP contribution in [0.4, 0.5) is 0 Å². The number of hydrogen-bond acceptors (Lipinski definition) is 3. The van der Waals surface area contributed by atoms with Crippen LogP contribution >= 0.6 is 0 Å². The lowest BCUT2D eigenvalue weighted by atomic mass is 10.1. The Hall–Kier alpha value is -3.08. The normalized spacial score (nSPS) is 11.0. The third kappa shape index (κ3) is 7.21. The molecule has 1 heterocycles. The van der Waals surface area contributed by atoms with Gasteiger partial charge in [0.15, 0.2) is 0 Å². The van der Waals surface area contributed by atoms with Crippen LogP contribution in [0, 0.1) is 13.8 Å². The first-order valence-corrected chi connectivity index (χ1v) is 12.0. The molecule has 1 amide bonds. The zero-order valence-corrected chi connectivity index (χ0v) is 20.3. The van der Waals surface area contributed by atoms with Gasteiger partial charge in [-0.3, -0.25) is 4.79 Å². The van der Waals surface area contributed by atoms with Crippen molar-refractivity contribution in [3.05, 3.63) is 71.6 Å². The Morgan fingerprint density at radius 3 is 2.64 bits per heavy atom. The number of carbonyl (C=O) groups is 1. The number of rotatable bonds is 13. The van der Waals surface area contributed by atoms with Gasteiger partial charge in [-0.1, -0.05) is 31.2 Å². The maximum absolute atomic E-state index is 11.6. The maximum atomic E-state index is 11.6. The largest absolute Gasteiger partial charge is 0.494 e. The minimum atomic E-state index is -0.0571. The Labute approximate surface area is 197 Å². The van der Waals surface area contributed by atoms with Crippen LogP contribution < -0.4 is 10.1 Å². The fraction of sp³-hybridized carbons (Fsp3) is 0.429. The molecule has 5 nitrogen and oxygen atoms in total. The van der Waals surface area contributed by atoms with Crippen LogP contribution in [0.2, 0.25) is 0 Å². The lowest BCUT2D eigenvalue weighted by molar-refractivity contribution is -0.117. The molecule has 0 atom stereocenters. The van der Waals surface area contributed by atoms with Gasteiger partial charge >= 0.3 is 0 Å². The number of amides is 1. The molecule has 1 aromatic heterocycles. The Morgan fingerprint density at radius 2 is 1.85 bits per heavy atom. The highest BCUT2D eigenvalue weighted by atomic mass is 16.5. The van der Waals surface area contributed by atoms with Gasteiger partial charge in [0.2, 0.25) is 5.91 Å². The van der Waals surface area contributed by atoms with E-state index in [2.05, 4.69) is 60.6 Å². The zero-order valence-electron chi connectivity index (χ0n) is 20.3. The summed E-state index contributed by atoms with van der Waals surface area (Å²) in [4.78, 5) is 16.5. The van der Waals surface area contributed by atoms with Gasteiger partial charge in [0.05, 0.1) is 17.6 Å². The van der Waals surface area contributed by atoms with E-state index in [0.29, 0.717) is 12.1 Å². The minimum Gasteiger partial charge on any atom is -0.494 e. The van der Waals surface area contributed by atoms with Crippen LogP contribution in [0.15, 0.2) is 54.6 Å². The molecule has 0 spiro atoms. The number of carbonyl (C=O) groups excluding carboxylic acids is 1. The second kappa shape index (κ2) is 12.2. The van der Waals surface area contributed by atoms with Crippen molar-refractivity contribution in [2.75, 3.05) is 13.2 Å². The van der Waals surface area contributed by atoms with E-state index >= 15 is 0 Å². The quantitative estimate of drug-likeness (QED) is 0.261. The molecule has 1 N–H and O–H groups in total. The van der Waals surface area contributed by atoms with Gasteiger partial charge in [-0.25, -0.2) is 4.98 Å². The predicted octanol–water partition coefficient (Wildman–Crippen LogP) is 5.92. The number of benzene rings is 2. The number of aromatic nitrogens is 2. The van der Waals surface area contributed by atoms with Crippen molar-refractivity contribution in [3.8, 4) is 5.75 Å². The van der Waals surface area contributed by atoms with Gasteiger partial charge in [-0.05, 0) is 81.8 Å². The number of nitrogens with one attached hydrogen (secondary N) is 1. The van der Waals surface area contributed by atoms with Gasteiger partial charge in [-0.15, -0.1) is 0 Å². The van der Waals surface area contributed by atoms with E-state index in [1.807, 2.05) is 12.1 Å². The highest BCUT2D eigenvalue weighted by Gasteiger charge is 2.10. The van der Waals surface area contributed by atoms with E-state index in [-0.39, 0.29) is 5.91 Å². The lowest BCUT2D eigenvalue weighted by Gasteiger charge is -2.11. The van der Waals surface area contributed by atoms with E-state index in [1.54, 1.807) is 6.92 Å². The molecule has 5 heteroatoms. The summed E-state index contributed by atoms with van der Waals surface area (Å²) in [7, 11) is 0. The van der Waals surface area contributed by atoms with Crippen LogP contribution in [-0.4, -0.2) is 28.6 Å². The third-order valence-electron chi connectivity index (χ3n) is 6.01. The lowest BCUT2D eigenvalue weighted by Crippen LogP contribution is -2.24. The smallest absolute Gasteiger partial charge is 0.246 e. The molecule has 0 saturated carbocycles. The van der Waals surface area contributed by atoms with Gasteiger partial charge in [0, 0.05) is 25.1 Å². The summed E-state index contributed by atoms with van der Waals surface area (Å²) in [6.07, 6.45) is 6.08. The monoisotopic (exact) mass is 447 g/mol. The molecule has 0 bridgehead atoms. The fourth-order valence-corrected chi connectivity index (χ4v) is 3.87. The van der Waals surface area contributed by atoms with Gasteiger partial charge < -0.3 is 14.6 Å². The van der Waals surface area contributed by atoms with Crippen molar-refractivity contribution in [3.63, 3.8) is 0 Å². The van der Waals surface area contributed by atoms with Crippen molar-refractivity contribution in [1.29, 1.82) is 0 Å². The van der Waals surface area contributed by atoms with E-state index in [1.165, 1.54) is 16.6 Å². The number of nitrogens with zero attached hydrogens (tertiary/aromatic N) is 2. The summed E-state index contributed by atoms with van der Waals surface area (Å²) in [5.74, 6) is 2.04. The standard InChI is InChI=1S/C28H37N3O2/c1-21(2)28(32)29-17-9-5-6-14-27-30-25-12-7-8-13-26(25)31(27)18-10-11-19-33-24-16-15-22(3)23(4)20-24/h7-8,12-13,15-16,20H,1,5-6,9-11,14,17-19H2,2-4H3,(H,29,32). The molecular weight excluding hydrogens is 410 g/mol. The molecule has 0 saturated heterocycles. The number of ether oxygens (including phenoxy) is 1. The number of hydrogen-bond donors (Lipinski definition) is 1. The van der Waals surface area contributed by atoms with Crippen LogP contribution in [0.25, 0.3) is 11.0 Å². The van der Waals surface area contributed by atoms with Gasteiger partial charge in [0.1, 0.15) is 11.6 Å². The second-order valence-electron chi connectivity index (χ2n) is 8.82. The Morgan fingerprint density at radius 1 is 1.03 bits per heavy atom. The summed E-state index contributed by atoms with van der Waals surface area (Å²) in [6.45, 7) is 12.0. The molecular formula is C28H37N3O2. The molecule has 0 unspecified atom stereocenters. The Kier molecular flexibility index (Phi) is 9.11. The van der Waals surface area contributed by atoms with Crippen LogP contribution in [0.5, 0.6) is 5.75 Å². The SMILES string of the molecule is C=C(C)C(=O)NCCCCCc1nc2ccccc2n1CCCCOc1ccc(C)c(C)c1. The van der Waals surface area contributed by atoms with Crippen LogP contribution in [0.1, 0.15) is 56.0 Å². The van der Waals surface area contributed by atoms with E-state index in [0.717, 1.165) is 68.8 Å². The summed E-state index contributed by atoms with van der Waals surface area (Å²) >= 11 is 0. The molecule has 33 heavy (non-hydrogen) atoms. The van der Waals surface area contributed by atoms with Crippen molar-refractivity contribution in [1.82, 2.24) is 14.9 Å². The average Bonchev–Trinajstić information content (AvgIpc) is 3.15. The van der Waals surface area contributed by atoms with Gasteiger partial charge in [0.25, 0.3) is 0 Å². The highest BCUT2D eigenvalue weighted by molar-refractivity contribution is 5.92. The third-order valence-corrected chi connectivity index (χ3v) is 6.01. The first kappa shape index (κ1) is 24.6. The minimum absolute atomic E-state index is 0.0571. The molecule has 0 radical (unpaired) electrons. The van der Waals surface area contributed by atoms with Gasteiger partial charge in [-0.2, -0.15) is 0 Å². The van der Waals surface area contributed by atoms with Crippen molar-refractivity contribution in [2.24, 2.45) is 0 Å². The molecule has 0 aliphatic heterocycles. The summed E-state index contributed by atoms with van der Waals surface area (Å²) in [5.41, 5.74) is 5.38. The van der Waals surface area contributed by atoms with Crippen LogP contribution in [0.3, 0.4) is 0 Å². The molecule has 3 aromatic rings. The second-order valence-corrected chi connectivity index (χ2v) is 8.82. The first-order valence-electron chi connectivity index (χ1n) is 12.0. The topological polar surface area (TPSA) is 56.2 Å². The van der Waals surface area contributed by atoms with Crippen molar-refractivity contribution >= 4 is 16.9 Å². The number of unbranched alkanes of at least 4 members (excludes halogenated alkanes) is 3. The molecule has 0 aliphatic carbocycles. The number of para-hydroxylation sites is 2. The summed E-state index contributed by atoms with van der Waals surface area (Å²) in [6, 6.07) is 14.6. The first-order chi connectivity index (χ1) is 16.0. The molecule has 2 aromatic carbocycles. The Balaban J connectivity index is 1.47. The summed E-state index contributed by atoms with van der Waals surface area (Å²) < 4.78 is 8.32. The molecule has 176 valence electrons. The van der Waals surface area contributed by atoms with Crippen molar-refractivity contribution in [2.45, 2.75) is 65.8 Å². The average molecular weight is 448 g/mol. The number of aryl methyl sites for hydroxylation is 4. The number of imidazole rings is 1. The fourth-order valence-electron chi connectivity index (χ4n) is 3.87. The molecule has 0 aliphatic rings. The van der Waals surface area contributed by atoms with E-state index in [9.17, 15) is 4.79 Å². The zero-order chi connectivity index (χ0) is 23.6. The molecule has 3 rings (SSSR count). The van der Waals surface area contributed by atoms with Crippen LogP contribution in [-0.2, 0) is 17.8 Å². The van der Waals surface area contributed by atoms with Crippen molar-refractivity contribution < 1.29 is 9.53 Å². The predicted molar refractivity (Wildman–Crippen MR) is 136 cm³/mol. The van der Waals surface area contributed by atoms with E-state index < -0.39 is 0 Å². The molecule has 0 fully saturated rings. The highest BCUT2D eigenvalue weighted by Crippen LogP contribution is 2.20. The van der Waals surface area contributed by atoms with E-state index in [4.69, 9.17) is 9.72 Å². The Bertz CT molecular complexity index is 1080.